The summed E-state index contributed by atoms with van der Waals surface area (Å²) in [5.74, 6) is 1.26. The number of pyridine rings is 1. The van der Waals surface area contributed by atoms with Crippen LogP contribution in [0.15, 0.2) is 85.8 Å². The van der Waals surface area contributed by atoms with E-state index in [4.69, 9.17) is 16.6 Å². The Morgan fingerprint density at radius 1 is 1.09 bits per heavy atom. The summed E-state index contributed by atoms with van der Waals surface area (Å²) >= 11 is 6.60. The minimum absolute atomic E-state index is 0.214. The van der Waals surface area contributed by atoms with Crippen molar-refractivity contribution in [2.75, 3.05) is 13.1 Å². The van der Waals surface area contributed by atoms with Crippen LogP contribution in [0.2, 0.25) is 5.02 Å². The molecule has 3 nitrogen and oxygen atoms in total. The second kappa shape index (κ2) is 17.3. The molecule has 46 heavy (non-hydrogen) atoms. The lowest BCUT2D eigenvalue weighted by atomic mass is 9.70. The van der Waals surface area contributed by atoms with E-state index in [-0.39, 0.29) is 11.3 Å². The molecule has 0 radical (unpaired) electrons. The van der Waals surface area contributed by atoms with Gasteiger partial charge in [-0.2, -0.15) is 0 Å². The van der Waals surface area contributed by atoms with Crippen LogP contribution in [-0.4, -0.2) is 29.0 Å². The molecule has 0 spiro atoms. The number of allylic oxidation sites excluding steroid dienone is 1. The summed E-state index contributed by atoms with van der Waals surface area (Å²) in [6, 6.07) is 20.5. The van der Waals surface area contributed by atoms with E-state index >= 15 is 0 Å². The highest BCUT2D eigenvalue weighted by atomic mass is 35.5. The second-order valence-corrected chi connectivity index (χ2v) is 15.1. The van der Waals surface area contributed by atoms with Crippen molar-refractivity contribution in [1.29, 1.82) is 0 Å². The van der Waals surface area contributed by atoms with Gasteiger partial charge in [-0.1, -0.05) is 101 Å². The SMILES string of the molecule is C=CN(/C=C\C)CCCNC(Cc1ccccc1)C(CC(CCC)C1c2ccc(Cl)cc2CCc2cc(C)cnc21)CC(C)(C)C. The topological polar surface area (TPSA) is 28.2 Å². The molecule has 1 aromatic heterocycles. The van der Waals surface area contributed by atoms with E-state index in [2.05, 4.69) is 131 Å². The van der Waals surface area contributed by atoms with Crippen LogP contribution in [0.4, 0.5) is 0 Å². The quantitative estimate of drug-likeness (QED) is 0.158. The molecule has 1 aliphatic rings. The van der Waals surface area contributed by atoms with E-state index < -0.39 is 0 Å². The molecule has 0 bridgehead atoms. The molecule has 4 heteroatoms. The Labute approximate surface area is 285 Å². The van der Waals surface area contributed by atoms with E-state index in [0.29, 0.717) is 17.9 Å². The summed E-state index contributed by atoms with van der Waals surface area (Å²) in [7, 11) is 0. The molecule has 0 amide bonds. The Hall–Kier alpha value is -2.88. The lowest BCUT2D eigenvalue weighted by Gasteiger charge is -2.38. The summed E-state index contributed by atoms with van der Waals surface area (Å²) in [4.78, 5) is 7.39. The smallest absolute Gasteiger partial charge is 0.0513 e. The molecular weight excluding hydrogens is 582 g/mol. The molecule has 0 fully saturated rings. The maximum absolute atomic E-state index is 6.60. The normalized spacial score (nSPS) is 16.7. The van der Waals surface area contributed by atoms with Crippen molar-refractivity contribution in [2.24, 2.45) is 17.3 Å². The van der Waals surface area contributed by atoms with Gasteiger partial charge < -0.3 is 10.2 Å². The average Bonchev–Trinajstić information content (AvgIpc) is 3.17. The first-order chi connectivity index (χ1) is 22.1. The van der Waals surface area contributed by atoms with Gasteiger partial charge in [-0.15, -0.1) is 0 Å². The highest BCUT2D eigenvalue weighted by molar-refractivity contribution is 6.30. The van der Waals surface area contributed by atoms with Crippen molar-refractivity contribution in [3.63, 3.8) is 0 Å². The number of halogens is 1. The largest absolute Gasteiger partial charge is 0.355 e. The van der Waals surface area contributed by atoms with Crippen molar-refractivity contribution in [3.05, 3.63) is 124 Å². The van der Waals surface area contributed by atoms with E-state index in [0.717, 1.165) is 56.6 Å². The van der Waals surface area contributed by atoms with Gasteiger partial charge in [-0.05, 0) is 135 Å². The van der Waals surface area contributed by atoms with Crippen LogP contribution >= 0.6 is 11.6 Å². The third-order valence-electron chi connectivity index (χ3n) is 9.59. The Morgan fingerprint density at radius 2 is 1.85 bits per heavy atom. The highest BCUT2D eigenvalue weighted by Gasteiger charge is 2.36. The summed E-state index contributed by atoms with van der Waals surface area (Å²) in [6.07, 6.45) is 17.0. The third kappa shape index (κ3) is 10.3. The van der Waals surface area contributed by atoms with E-state index in [1.54, 1.807) is 0 Å². The molecule has 0 saturated carbocycles. The minimum atomic E-state index is 0.214. The number of hydrogen-bond donors (Lipinski definition) is 1. The van der Waals surface area contributed by atoms with Crippen LogP contribution in [0.3, 0.4) is 0 Å². The second-order valence-electron chi connectivity index (χ2n) is 14.7. The molecule has 4 unspecified atom stereocenters. The maximum atomic E-state index is 6.60. The number of nitrogens with zero attached hydrogens (tertiary/aromatic N) is 2. The van der Waals surface area contributed by atoms with Crippen LogP contribution in [0, 0.1) is 24.2 Å². The molecule has 0 saturated heterocycles. The summed E-state index contributed by atoms with van der Waals surface area (Å²) in [6.45, 7) is 19.8. The molecule has 1 heterocycles. The Morgan fingerprint density at radius 3 is 2.54 bits per heavy atom. The van der Waals surface area contributed by atoms with Gasteiger partial charge >= 0.3 is 0 Å². The fourth-order valence-electron chi connectivity index (χ4n) is 7.71. The highest BCUT2D eigenvalue weighted by Crippen LogP contribution is 2.45. The summed E-state index contributed by atoms with van der Waals surface area (Å²) < 4.78 is 0. The van der Waals surface area contributed by atoms with Gasteiger partial charge in [0.05, 0.1) is 5.69 Å². The van der Waals surface area contributed by atoms with Crippen molar-refractivity contribution in [1.82, 2.24) is 15.2 Å². The van der Waals surface area contributed by atoms with Gasteiger partial charge in [0, 0.05) is 29.7 Å². The maximum Gasteiger partial charge on any atom is 0.0513 e. The molecule has 248 valence electrons. The Bertz CT molecular complexity index is 1350. The zero-order valence-electron chi connectivity index (χ0n) is 29.4. The molecule has 0 aliphatic heterocycles. The summed E-state index contributed by atoms with van der Waals surface area (Å²) in [5.41, 5.74) is 8.41. The first-order valence-electron chi connectivity index (χ1n) is 17.6. The standard InChI is InChI=1S/C42H58ClN3/c1-8-15-34(40-38-21-20-37(43)28-33(38)18-19-35-25-31(4)30-45-41(35)40)27-36(29-42(5,6)7)39(26-32-16-12-11-13-17-32)44-22-14-24-46(10-3)23-9-2/h9-13,16-17,20-21,23,25,28,30,34,36,39-40,44H,3,8,14-15,18-19,22,24,26-27,29H2,1-2,4-7H3/b23-9-. The van der Waals surface area contributed by atoms with Crippen molar-refractivity contribution in [2.45, 2.75) is 105 Å². The number of hydrogen-bond acceptors (Lipinski definition) is 3. The van der Waals surface area contributed by atoms with Crippen LogP contribution in [-0.2, 0) is 19.3 Å². The minimum Gasteiger partial charge on any atom is -0.355 e. The van der Waals surface area contributed by atoms with E-state index in [1.165, 1.54) is 46.4 Å². The predicted molar refractivity (Wildman–Crippen MR) is 199 cm³/mol. The van der Waals surface area contributed by atoms with Crippen LogP contribution in [0.25, 0.3) is 0 Å². The van der Waals surface area contributed by atoms with Gasteiger partial charge in [0.1, 0.15) is 0 Å². The van der Waals surface area contributed by atoms with E-state index in [1.807, 2.05) is 6.20 Å². The first-order valence-corrected chi connectivity index (χ1v) is 18.0. The number of aryl methyl sites for hydroxylation is 3. The molecular formula is C42H58ClN3. The molecule has 1 N–H and O–H groups in total. The number of nitrogens with one attached hydrogen (secondary N) is 1. The van der Waals surface area contributed by atoms with Crippen LogP contribution in [0.5, 0.6) is 0 Å². The fraction of sp³-hybridized carbons (Fsp3) is 0.500. The van der Waals surface area contributed by atoms with Crippen LogP contribution in [0.1, 0.15) is 106 Å². The molecule has 4 atom stereocenters. The number of aromatic nitrogens is 1. The first kappa shape index (κ1) is 36.0. The number of fused-ring (bicyclic) bond motifs is 2. The Kier molecular flexibility index (Phi) is 13.5. The lowest BCUT2D eigenvalue weighted by Crippen LogP contribution is -2.42. The number of benzene rings is 2. The zero-order chi connectivity index (χ0) is 33.1. The third-order valence-corrected chi connectivity index (χ3v) is 9.82. The monoisotopic (exact) mass is 639 g/mol. The molecule has 2 aromatic carbocycles. The fourth-order valence-corrected chi connectivity index (χ4v) is 7.90. The summed E-state index contributed by atoms with van der Waals surface area (Å²) in [5, 5.41) is 4.95. The van der Waals surface area contributed by atoms with Gasteiger partial charge in [-0.25, -0.2) is 0 Å². The van der Waals surface area contributed by atoms with Crippen LogP contribution < -0.4 is 5.32 Å². The lowest BCUT2D eigenvalue weighted by molar-refractivity contribution is 0.189. The van der Waals surface area contributed by atoms with Gasteiger partial charge in [0.2, 0.25) is 0 Å². The zero-order valence-corrected chi connectivity index (χ0v) is 30.1. The van der Waals surface area contributed by atoms with E-state index in [9.17, 15) is 0 Å². The van der Waals surface area contributed by atoms with Gasteiger partial charge in [-0.3, -0.25) is 4.98 Å². The predicted octanol–water partition coefficient (Wildman–Crippen LogP) is 10.7. The van der Waals surface area contributed by atoms with Gasteiger partial charge in [0.25, 0.3) is 0 Å². The number of rotatable bonds is 16. The average molecular weight is 640 g/mol. The van der Waals surface area contributed by atoms with Gasteiger partial charge in [0.15, 0.2) is 0 Å². The molecule has 1 aliphatic carbocycles. The molecule has 3 aromatic rings. The molecule has 4 rings (SSSR count). The van der Waals surface area contributed by atoms with Crippen molar-refractivity contribution in [3.8, 4) is 0 Å². The van der Waals surface area contributed by atoms with Crippen molar-refractivity contribution < 1.29 is 0 Å². The Balaban J connectivity index is 1.72. The van der Waals surface area contributed by atoms with Crippen molar-refractivity contribution >= 4 is 11.6 Å².